The maximum atomic E-state index is 13.0. The van der Waals surface area contributed by atoms with Crippen LogP contribution in [0.2, 0.25) is 0 Å². The highest BCUT2D eigenvalue weighted by atomic mass is 16.5. The molecule has 1 heterocycles. The van der Waals surface area contributed by atoms with Gasteiger partial charge in [-0.1, -0.05) is 47.6 Å². The Labute approximate surface area is 165 Å². The smallest absolute Gasteiger partial charge is 0.223 e. The lowest BCUT2D eigenvalue weighted by atomic mass is 10.1. The van der Waals surface area contributed by atoms with Gasteiger partial charge in [-0.25, -0.2) is 0 Å². The average molecular weight is 378 g/mol. The van der Waals surface area contributed by atoms with Crippen LogP contribution in [-0.2, 0) is 24.3 Å². The van der Waals surface area contributed by atoms with Crippen molar-refractivity contribution in [1.29, 1.82) is 0 Å². The summed E-state index contributed by atoms with van der Waals surface area (Å²) in [6, 6.07) is 17.9. The molecule has 1 aromatic heterocycles. The lowest BCUT2D eigenvalue weighted by molar-refractivity contribution is -0.132. The molecule has 0 fully saturated rings. The Kier molecular flexibility index (Phi) is 6.48. The molecule has 5 heteroatoms. The van der Waals surface area contributed by atoms with Crippen LogP contribution < -0.4 is 4.74 Å². The average Bonchev–Trinajstić information content (AvgIpc) is 3.04. The minimum atomic E-state index is 0.111. The van der Waals surface area contributed by atoms with E-state index in [1.165, 1.54) is 0 Å². The summed E-state index contributed by atoms with van der Waals surface area (Å²) in [5.41, 5.74) is 4.07. The lowest BCUT2D eigenvalue weighted by Gasteiger charge is -2.23. The second-order valence-electron chi connectivity index (χ2n) is 6.89. The topological polar surface area (TPSA) is 55.6 Å². The number of amides is 1. The van der Waals surface area contributed by atoms with Gasteiger partial charge in [0, 0.05) is 25.1 Å². The number of rotatable bonds is 8. The zero-order valence-electron chi connectivity index (χ0n) is 16.6. The van der Waals surface area contributed by atoms with Crippen LogP contribution in [0.15, 0.2) is 59.1 Å². The Morgan fingerprint density at radius 3 is 2.21 bits per heavy atom. The van der Waals surface area contributed by atoms with Crippen LogP contribution in [0.25, 0.3) is 0 Å². The van der Waals surface area contributed by atoms with Crippen molar-refractivity contribution in [3.05, 3.63) is 82.7 Å². The quantitative estimate of drug-likeness (QED) is 0.581. The highest BCUT2D eigenvalue weighted by molar-refractivity contribution is 5.76. The predicted molar refractivity (Wildman–Crippen MR) is 108 cm³/mol. The Morgan fingerprint density at radius 2 is 1.64 bits per heavy atom. The first-order valence-electron chi connectivity index (χ1n) is 9.43. The molecule has 0 saturated carbocycles. The lowest BCUT2D eigenvalue weighted by Crippen LogP contribution is -2.30. The largest absolute Gasteiger partial charge is 0.497 e. The Bertz CT molecular complexity index is 882. The van der Waals surface area contributed by atoms with Crippen molar-refractivity contribution in [2.75, 3.05) is 7.11 Å². The van der Waals surface area contributed by atoms with Gasteiger partial charge in [0.15, 0.2) is 0 Å². The number of hydrogen-bond acceptors (Lipinski definition) is 4. The molecule has 0 atom stereocenters. The van der Waals surface area contributed by atoms with Crippen LogP contribution in [0.1, 0.15) is 34.6 Å². The number of benzene rings is 2. The first-order valence-corrected chi connectivity index (χ1v) is 9.43. The van der Waals surface area contributed by atoms with Crippen LogP contribution in [0, 0.1) is 13.8 Å². The minimum absolute atomic E-state index is 0.111. The summed E-state index contributed by atoms with van der Waals surface area (Å²) in [6.07, 6.45) is 1.06. The van der Waals surface area contributed by atoms with E-state index in [4.69, 9.17) is 9.26 Å². The fourth-order valence-corrected chi connectivity index (χ4v) is 3.24. The van der Waals surface area contributed by atoms with Gasteiger partial charge in [-0.3, -0.25) is 4.79 Å². The molecule has 3 rings (SSSR count). The summed E-state index contributed by atoms with van der Waals surface area (Å²) in [4.78, 5) is 14.9. The molecular formula is C23H26N2O3. The SMILES string of the molecule is COc1ccc(CN(Cc2ccccc2)C(=O)CCc2c(C)noc2C)cc1. The number of methoxy groups -OCH3 is 1. The molecule has 0 aliphatic heterocycles. The van der Waals surface area contributed by atoms with Crippen molar-refractivity contribution in [2.45, 2.75) is 39.8 Å². The molecule has 3 aromatic rings. The maximum Gasteiger partial charge on any atom is 0.223 e. The third-order valence-corrected chi connectivity index (χ3v) is 4.87. The van der Waals surface area contributed by atoms with E-state index >= 15 is 0 Å². The zero-order chi connectivity index (χ0) is 19.9. The summed E-state index contributed by atoms with van der Waals surface area (Å²) < 4.78 is 10.4. The van der Waals surface area contributed by atoms with Crippen molar-refractivity contribution in [3.8, 4) is 5.75 Å². The molecule has 0 aliphatic rings. The molecule has 2 aromatic carbocycles. The second-order valence-corrected chi connectivity index (χ2v) is 6.89. The first kappa shape index (κ1) is 19.7. The van der Waals surface area contributed by atoms with Crippen LogP contribution in [-0.4, -0.2) is 23.1 Å². The van der Waals surface area contributed by atoms with E-state index in [0.29, 0.717) is 25.9 Å². The van der Waals surface area contributed by atoms with E-state index in [9.17, 15) is 4.79 Å². The number of carbonyl (C=O) groups is 1. The van der Waals surface area contributed by atoms with Gasteiger partial charge in [0.1, 0.15) is 11.5 Å². The molecule has 28 heavy (non-hydrogen) atoms. The van der Waals surface area contributed by atoms with Crippen molar-refractivity contribution < 1.29 is 14.1 Å². The zero-order valence-corrected chi connectivity index (χ0v) is 16.6. The van der Waals surface area contributed by atoms with Gasteiger partial charge in [-0.2, -0.15) is 0 Å². The molecule has 146 valence electrons. The highest BCUT2D eigenvalue weighted by Crippen LogP contribution is 2.18. The molecule has 0 saturated heterocycles. The van der Waals surface area contributed by atoms with Crippen LogP contribution in [0.4, 0.5) is 0 Å². The van der Waals surface area contributed by atoms with Gasteiger partial charge in [-0.05, 0) is 43.5 Å². The number of nitrogens with zero attached hydrogens (tertiary/aromatic N) is 2. The van der Waals surface area contributed by atoms with Gasteiger partial charge in [0.2, 0.25) is 5.91 Å². The van der Waals surface area contributed by atoms with Crippen molar-refractivity contribution in [2.24, 2.45) is 0 Å². The number of ether oxygens (including phenoxy) is 1. The number of aromatic nitrogens is 1. The van der Waals surface area contributed by atoms with Crippen molar-refractivity contribution in [3.63, 3.8) is 0 Å². The molecule has 0 bridgehead atoms. The fraction of sp³-hybridized carbons (Fsp3) is 0.304. The highest BCUT2D eigenvalue weighted by Gasteiger charge is 2.17. The number of carbonyl (C=O) groups excluding carboxylic acids is 1. The van der Waals surface area contributed by atoms with Gasteiger partial charge >= 0.3 is 0 Å². The van der Waals surface area contributed by atoms with Crippen molar-refractivity contribution >= 4 is 5.91 Å². The Hall–Kier alpha value is -3.08. The van der Waals surface area contributed by atoms with Crippen LogP contribution in [0.5, 0.6) is 5.75 Å². The fourth-order valence-electron chi connectivity index (χ4n) is 3.24. The second kappa shape index (κ2) is 9.22. The van der Waals surface area contributed by atoms with E-state index in [1.807, 2.05) is 73.3 Å². The van der Waals surface area contributed by atoms with Crippen LogP contribution >= 0.6 is 0 Å². The molecule has 5 nitrogen and oxygen atoms in total. The summed E-state index contributed by atoms with van der Waals surface area (Å²) >= 11 is 0. The predicted octanol–water partition coefficient (Wildman–Crippen LogP) is 4.46. The summed E-state index contributed by atoms with van der Waals surface area (Å²) in [7, 11) is 1.65. The normalized spacial score (nSPS) is 10.7. The monoisotopic (exact) mass is 378 g/mol. The van der Waals surface area contributed by atoms with E-state index in [1.54, 1.807) is 7.11 Å². The van der Waals surface area contributed by atoms with Gasteiger partial charge in [0.05, 0.1) is 12.8 Å². The molecule has 1 amide bonds. The van der Waals surface area contributed by atoms with Gasteiger partial charge in [0.25, 0.3) is 0 Å². The minimum Gasteiger partial charge on any atom is -0.497 e. The number of hydrogen-bond donors (Lipinski definition) is 0. The Balaban J connectivity index is 1.73. The van der Waals surface area contributed by atoms with Crippen molar-refractivity contribution in [1.82, 2.24) is 10.1 Å². The molecule has 0 unspecified atom stereocenters. The van der Waals surface area contributed by atoms with E-state index in [2.05, 4.69) is 5.16 Å². The molecular weight excluding hydrogens is 352 g/mol. The van der Waals surface area contributed by atoms with Crippen LogP contribution in [0.3, 0.4) is 0 Å². The third kappa shape index (κ3) is 5.00. The van der Waals surface area contributed by atoms with E-state index in [0.717, 1.165) is 33.9 Å². The molecule has 0 spiro atoms. The summed E-state index contributed by atoms with van der Waals surface area (Å²) in [5, 5.41) is 3.98. The standard InChI is InChI=1S/C23H26N2O3/c1-17-22(18(2)28-24-17)13-14-23(26)25(15-19-7-5-4-6-8-19)16-20-9-11-21(27-3)12-10-20/h4-12H,13-16H2,1-3H3. The van der Waals surface area contributed by atoms with Gasteiger partial charge in [-0.15, -0.1) is 0 Å². The molecule has 0 aliphatic carbocycles. The molecule has 0 radical (unpaired) electrons. The number of aryl methyl sites for hydroxylation is 2. The van der Waals surface area contributed by atoms with E-state index < -0.39 is 0 Å². The summed E-state index contributed by atoms with van der Waals surface area (Å²) in [6.45, 7) is 4.93. The summed E-state index contributed by atoms with van der Waals surface area (Å²) in [5.74, 6) is 1.71. The van der Waals surface area contributed by atoms with E-state index in [-0.39, 0.29) is 5.91 Å². The Morgan fingerprint density at radius 1 is 1.00 bits per heavy atom. The first-order chi connectivity index (χ1) is 13.6. The third-order valence-electron chi connectivity index (χ3n) is 4.87. The maximum absolute atomic E-state index is 13.0. The van der Waals surface area contributed by atoms with Gasteiger partial charge < -0.3 is 14.2 Å². The molecule has 0 N–H and O–H groups in total.